The van der Waals surface area contributed by atoms with Gasteiger partial charge in [0.15, 0.2) is 0 Å². The number of rotatable bonds is 2. The molecule has 0 spiro atoms. The van der Waals surface area contributed by atoms with E-state index in [0.29, 0.717) is 26.0 Å². The van der Waals surface area contributed by atoms with Crippen LogP contribution in [0.5, 0.6) is 0 Å². The van der Waals surface area contributed by atoms with E-state index < -0.39 is 0 Å². The molecule has 1 heterocycles. The number of benzene rings is 1. The standard InChI is InChI=1S/C12H7BrCl2N2O/c13-8-6-7(4-5-9(8)14)12(18)17-11-3-1-2-10(15)16-11/h1-6H,(H,16,17,18). The van der Waals surface area contributed by atoms with Crippen LogP contribution in [0.1, 0.15) is 10.4 Å². The SMILES string of the molecule is O=C(Nc1cccc(Cl)n1)c1ccc(Cl)c(Br)c1. The van der Waals surface area contributed by atoms with Crippen LogP contribution in [0.2, 0.25) is 10.2 Å². The lowest BCUT2D eigenvalue weighted by Crippen LogP contribution is -2.12. The molecule has 1 amide bonds. The predicted octanol–water partition coefficient (Wildman–Crippen LogP) is 4.40. The van der Waals surface area contributed by atoms with Crippen molar-refractivity contribution in [3.63, 3.8) is 0 Å². The second-order valence-corrected chi connectivity index (χ2v) is 5.08. The molecule has 0 bridgehead atoms. The van der Waals surface area contributed by atoms with Gasteiger partial charge in [-0.25, -0.2) is 4.98 Å². The van der Waals surface area contributed by atoms with Crippen LogP contribution in [0.25, 0.3) is 0 Å². The molecule has 0 saturated heterocycles. The van der Waals surface area contributed by atoms with Crippen LogP contribution in [-0.2, 0) is 0 Å². The lowest BCUT2D eigenvalue weighted by molar-refractivity contribution is 0.102. The van der Waals surface area contributed by atoms with Crippen LogP contribution in [0, 0.1) is 0 Å². The number of aromatic nitrogens is 1. The Morgan fingerprint density at radius 2 is 2.00 bits per heavy atom. The third-order valence-electron chi connectivity index (χ3n) is 2.14. The number of carbonyl (C=O) groups is 1. The average Bonchev–Trinajstić information content (AvgIpc) is 2.32. The summed E-state index contributed by atoms with van der Waals surface area (Å²) in [5.74, 6) is 0.126. The summed E-state index contributed by atoms with van der Waals surface area (Å²) in [5.41, 5.74) is 0.480. The van der Waals surface area contributed by atoms with Gasteiger partial charge in [-0.15, -0.1) is 0 Å². The third kappa shape index (κ3) is 3.22. The summed E-state index contributed by atoms with van der Waals surface area (Å²) < 4.78 is 0.663. The third-order valence-corrected chi connectivity index (χ3v) is 3.56. The van der Waals surface area contributed by atoms with Gasteiger partial charge in [0.05, 0.1) is 5.02 Å². The number of hydrogen-bond donors (Lipinski definition) is 1. The van der Waals surface area contributed by atoms with Crippen molar-refractivity contribution in [3.8, 4) is 0 Å². The number of pyridine rings is 1. The van der Waals surface area contributed by atoms with E-state index in [4.69, 9.17) is 23.2 Å². The summed E-state index contributed by atoms with van der Waals surface area (Å²) in [6, 6.07) is 9.93. The Hall–Kier alpha value is -1.10. The van der Waals surface area contributed by atoms with Crippen molar-refractivity contribution in [2.24, 2.45) is 0 Å². The molecule has 1 aromatic carbocycles. The highest BCUT2D eigenvalue weighted by atomic mass is 79.9. The second-order valence-electron chi connectivity index (χ2n) is 3.43. The first-order valence-electron chi connectivity index (χ1n) is 4.95. The van der Waals surface area contributed by atoms with E-state index in [2.05, 4.69) is 26.2 Å². The van der Waals surface area contributed by atoms with Crippen molar-refractivity contribution < 1.29 is 4.79 Å². The van der Waals surface area contributed by atoms with Gasteiger partial charge in [0.2, 0.25) is 0 Å². The van der Waals surface area contributed by atoms with Crippen LogP contribution >= 0.6 is 39.1 Å². The molecule has 0 atom stereocenters. The van der Waals surface area contributed by atoms with Crippen molar-refractivity contribution in [1.82, 2.24) is 4.98 Å². The highest BCUT2D eigenvalue weighted by Gasteiger charge is 2.08. The monoisotopic (exact) mass is 344 g/mol. The van der Waals surface area contributed by atoms with E-state index >= 15 is 0 Å². The second kappa shape index (κ2) is 5.69. The molecule has 2 aromatic rings. The summed E-state index contributed by atoms with van der Waals surface area (Å²) in [6.45, 7) is 0. The fourth-order valence-electron chi connectivity index (χ4n) is 1.30. The number of nitrogens with one attached hydrogen (secondary N) is 1. The molecule has 0 aliphatic rings. The molecule has 0 fully saturated rings. The van der Waals surface area contributed by atoms with Crippen LogP contribution in [0.4, 0.5) is 5.82 Å². The first-order chi connectivity index (χ1) is 8.56. The minimum Gasteiger partial charge on any atom is -0.307 e. The number of anilines is 1. The molecular formula is C12H7BrCl2N2O. The maximum atomic E-state index is 11.9. The Labute approximate surface area is 122 Å². The first kappa shape index (κ1) is 13.3. The zero-order valence-electron chi connectivity index (χ0n) is 8.95. The van der Waals surface area contributed by atoms with E-state index in [1.54, 1.807) is 36.4 Å². The van der Waals surface area contributed by atoms with Crippen molar-refractivity contribution in [2.45, 2.75) is 0 Å². The number of hydrogen-bond acceptors (Lipinski definition) is 2. The van der Waals surface area contributed by atoms with Crippen LogP contribution in [-0.4, -0.2) is 10.9 Å². The maximum absolute atomic E-state index is 11.9. The predicted molar refractivity (Wildman–Crippen MR) is 76.4 cm³/mol. The molecule has 0 aliphatic carbocycles. The molecule has 92 valence electrons. The summed E-state index contributed by atoms with van der Waals surface area (Å²) in [5, 5.41) is 3.52. The van der Waals surface area contributed by atoms with Gasteiger partial charge in [0.1, 0.15) is 11.0 Å². The maximum Gasteiger partial charge on any atom is 0.256 e. The van der Waals surface area contributed by atoms with Gasteiger partial charge >= 0.3 is 0 Å². The van der Waals surface area contributed by atoms with Gasteiger partial charge in [-0.3, -0.25) is 4.79 Å². The molecular weight excluding hydrogens is 339 g/mol. The normalized spacial score (nSPS) is 10.2. The molecule has 18 heavy (non-hydrogen) atoms. The molecule has 0 saturated carbocycles. The lowest BCUT2D eigenvalue weighted by atomic mass is 10.2. The zero-order chi connectivity index (χ0) is 13.1. The molecule has 3 nitrogen and oxygen atoms in total. The summed E-state index contributed by atoms with van der Waals surface area (Å²) in [4.78, 5) is 15.9. The number of carbonyl (C=O) groups excluding carboxylic acids is 1. The van der Waals surface area contributed by atoms with E-state index in [1.807, 2.05) is 0 Å². The van der Waals surface area contributed by atoms with E-state index in [1.165, 1.54) is 0 Å². The first-order valence-corrected chi connectivity index (χ1v) is 6.50. The van der Waals surface area contributed by atoms with E-state index in [9.17, 15) is 4.79 Å². The Bertz CT molecular complexity index is 604. The molecule has 6 heteroatoms. The van der Waals surface area contributed by atoms with Gasteiger partial charge in [0, 0.05) is 10.0 Å². The van der Waals surface area contributed by atoms with Crippen molar-refractivity contribution in [1.29, 1.82) is 0 Å². The lowest BCUT2D eigenvalue weighted by Gasteiger charge is -2.05. The van der Waals surface area contributed by atoms with Gasteiger partial charge in [-0.2, -0.15) is 0 Å². The van der Waals surface area contributed by atoms with E-state index in [-0.39, 0.29) is 5.91 Å². The van der Waals surface area contributed by atoms with Gasteiger partial charge in [-0.1, -0.05) is 29.3 Å². The molecule has 1 N–H and O–H groups in total. The smallest absolute Gasteiger partial charge is 0.256 e. The number of amides is 1. The van der Waals surface area contributed by atoms with E-state index in [0.717, 1.165) is 0 Å². The Balaban J connectivity index is 2.19. The average molecular weight is 346 g/mol. The van der Waals surface area contributed by atoms with Crippen LogP contribution in [0.3, 0.4) is 0 Å². The summed E-state index contributed by atoms with van der Waals surface area (Å²) >= 11 is 14.9. The molecule has 0 radical (unpaired) electrons. The largest absolute Gasteiger partial charge is 0.307 e. The highest BCUT2D eigenvalue weighted by molar-refractivity contribution is 9.10. The van der Waals surface area contributed by atoms with Gasteiger partial charge in [0.25, 0.3) is 5.91 Å². The molecule has 0 unspecified atom stereocenters. The Kier molecular flexibility index (Phi) is 4.22. The molecule has 0 aliphatic heterocycles. The Morgan fingerprint density at radius 1 is 1.22 bits per heavy atom. The summed E-state index contributed by atoms with van der Waals surface area (Å²) in [6.07, 6.45) is 0. The van der Waals surface area contributed by atoms with Gasteiger partial charge < -0.3 is 5.32 Å². The number of nitrogens with zero attached hydrogens (tertiary/aromatic N) is 1. The van der Waals surface area contributed by atoms with Gasteiger partial charge in [-0.05, 0) is 46.3 Å². The fraction of sp³-hybridized carbons (Fsp3) is 0. The molecule has 1 aromatic heterocycles. The van der Waals surface area contributed by atoms with Crippen molar-refractivity contribution in [2.75, 3.05) is 5.32 Å². The molecule has 2 rings (SSSR count). The minimum atomic E-state index is -0.276. The summed E-state index contributed by atoms with van der Waals surface area (Å²) in [7, 11) is 0. The van der Waals surface area contributed by atoms with Crippen LogP contribution < -0.4 is 5.32 Å². The fourth-order valence-corrected chi connectivity index (χ4v) is 1.96. The topological polar surface area (TPSA) is 42.0 Å². The zero-order valence-corrected chi connectivity index (χ0v) is 12.1. The van der Waals surface area contributed by atoms with Crippen molar-refractivity contribution in [3.05, 3.63) is 56.6 Å². The number of halogens is 3. The highest BCUT2D eigenvalue weighted by Crippen LogP contribution is 2.23. The van der Waals surface area contributed by atoms with Crippen LogP contribution in [0.15, 0.2) is 40.9 Å². The van der Waals surface area contributed by atoms with Crippen molar-refractivity contribution >= 4 is 50.9 Å². The minimum absolute atomic E-state index is 0.276. The Morgan fingerprint density at radius 3 is 2.67 bits per heavy atom. The quantitative estimate of drug-likeness (QED) is 0.819.